The van der Waals surface area contributed by atoms with Crippen LogP contribution in [0.3, 0.4) is 0 Å². The van der Waals surface area contributed by atoms with E-state index in [1.165, 1.54) is 0 Å². The summed E-state index contributed by atoms with van der Waals surface area (Å²) in [4.78, 5) is 25.4. The Morgan fingerprint density at radius 3 is 2.75 bits per heavy atom. The van der Waals surface area contributed by atoms with Crippen LogP contribution in [0.25, 0.3) is 0 Å². The molecule has 1 aromatic rings. The van der Waals surface area contributed by atoms with Crippen molar-refractivity contribution in [3.05, 3.63) is 29.8 Å². The molecule has 0 saturated carbocycles. The third-order valence-electron chi connectivity index (χ3n) is 5.29. The number of aliphatic carboxylic acids is 1. The summed E-state index contributed by atoms with van der Waals surface area (Å²) in [7, 11) is 0. The SMILES string of the molecule is CC(NC(=O)N1CCC(C)(C(=O)O)C1)C1Oc2ccccc2C1C. The molecule has 24 heavy (non-hydrogen) atoms. The number of rotatable bonds is 3. The number of nitrogens with one attached hydrogen (secondary N) is 1. The summed E-state index contributed by atoms with van der Waals surface area (Å²) in [6.45, 7) is 6.41. The monoisotopic (exact) mass is 332 g/mol. The van der Waals surface area contributed by atoms with Crippen molar-refractivity contribution < 1.29 is 19.4 Å². The Morgan fingerprint density at radius 2 is 2.12 bits per heavy atom. The molecule has 1 fully saturated rings. The lowest BCUT2D eigenvalue weighted by Gasteiger charge is -2.27. The summed E-state index contributed by atoms with van der Waals surface area (Å²) in [5, 5.41) is 12.3. The van der Waals surface area contributed by atoms with Gasteiger partial charge in [0.05, 0.1) is 11.5 Å². The number of carboxylic acids is 1. The molecule has 2 N–H and O–H groups in total. The molecule has 1 aromatic carbocycles. The number of nitrogens with zero attached hydrogens (tertiary/aromatic N) is 1. The molecule has 2 amide bonds. The number of ether oxygens (including phenoxy) is 1. The highest BCUT2D eigenvalue weighted by Crippen LogP contribution is 2.39. The fourth-order valence-electron chi connectivity index (χ4n) is 3.60. The van der Waals surface area contributed by atoms with Gasteiger partial charge < -0.3 is 20.1 Å². The minimum atomic E-state index is -0.853. The van der Waals surface area contributed by atoms with Gasteiger partial charge in [-0.1, -0.05) is 25.1 Å². The largest absolute Gasteiger partial charge is 0.487 e. The van der Waals surface area contributed by atoms with Gasteiger partial charge in [-0.3, -0.25) is 4.79 Å². The fourth-order valence-corrected chi connectivity index (χ4v) is 3.60. The van der Waals surface area contributed by atoms with Crippen LogP contribution in [0.4, 0.5) is 4.79 Å². The number of fused-ring (bicyclic) bond motifs is 1. The van der Waals surface area contributed by atoms with E-state index in [0.29, 0.717) is 13.0 Å². The van der Waals surface area contributed by atoms with Crippen LogP contribution in [0, 0.1) is 5.41 Å². The lowest BCUT2D eigenvalue weighted by Crippen LogP contribution is -2.49. The van der Waals surface area contributed by atoms with Gasteiger partial charge in [-0.25, -0.2) is 4.79 Å². The van der Waals surface area contributed by atoms with Crippen LogP contribution in [0.1, 0.15) is 38.7 Å². The second-order valence-corrected chi connectivity index (χ2v) is 7.18. The number of hydrogen-bond acceptors (Lipinski definition) is 3. The molecule has 2 heterocycles. The van der Waals surface area contributed by atoms with E-state index in [1.807, 2.05) is 31.2 Å². The first-order chi connectivity index (χ1) is 11.3. The molecule has 130 valence electrons. The van der Waals surface area contributed by atoms with Crippen LogP contribution in [0.5, 0.6) is 5.75 Å². The lowest BCUT2D eigenvalue weighted by molar-refractivity contribution is -0.147. The number of likely N-dealkylation sites (tertiary alicyclic amines) is 1. The zero-order valence-electron chi connectivity index (χ0n) is 14.3. The van der Waals surface area contributed by atoms with E-state index >= 15 is 0 Å². The second-order valence-electron chi connectivity index (χ2n) is 7.18. The van der Waals surface area contributed by atoms with Gasteiger partial charge in [0.1, 0.15) is 11.9 Å². The molecule has 1 saturated heterocycles. The summed E-state index contributed by atoms with van der Waals surface area (Å²) in [6.07, 6.45) is 0.353. The maximum atomic E-state index is 12.5. The minimum Gasteiger partial charge on any atom is -0.487 e. The quantitative estimate of drug-likeness (QED) is 0.891. The molecule has 0 aliphatic carbocycles. The molecule has 2 aliphatic heterocycles. The summed E-state index contributed by atoms with van der Waals surface area (Å²) in [5.74, 6) is 0.212. The molecule has 0 spiro atoms. The van der Waals surface area contributed by atoms with Gasteiger partial charge in [0, 0.05) is 24.6 Å². The fraction of sp³-hybridized carbons (Fsp3) is 0.556. The van der Waals surface area contributed by atoms with E-state index in [1.54, 1.807) is 11.8 Å². The lowest BCUT2D eigenvalue weighted by atomic mass is 9.90. The van der Waals surface area contributed by atoms with Crippen LogP contribution in [-0.4, -0.2) is 47.2 Å². The number of hydrogen-bond donors (Lipinski definition) is 2. The summed E-state index contributed by atoms with van der Waals surface area (Å²) in [6, 6.07) is 7.53. The molecule has 0 aromatic heterocycles. The number of urea groups is 1. The smallest absolute Gasteiger partial charge is 0.317 e. The van der Waals surface area contributed by atoms with Gasteiger partial charge in [-0.15, -0.1) is 0 Å². The van der Waals surface area contributed by atoms with Crippen molar-refractivity contribution in [1.82, 2.24) is 10.2 Å². The standard InChI is InChI=1S/C18H24N2O4/c1-11-13-6-4-5-7-14(13)24-15(11)12(2)19-17(23)20-9-8-18(3,10-20)16(21)22/h4-7,11-12,15H,8-10H2,1-3H3,(H,19,23)(H,21,22). The van der Waals surface area contributed by atoms with Gasteiger partial charge in [0.25, 0.3) is 0 Å². The van der Waals surface area contributed by atoms with Gasteiger partial charge in [0.2, 0.25) is 0 Å². The Labute approximate surface area is 141 Å². The number of para-hydroxylation sites is 1. The summed E-state index contributed by atoms with van der Waals surface area (Å²) in [5.41, 5.74) is 0.303. The van der Waals surface area contributed by atoms with E-state index in [9.17, 15) is 14.7 Å². The molecular weight excluding hydrogens is 308 g/mol. The van der Waals surface area contributed by atoms with Gasteiger partial charge in [-0.05, 0) is 26.3 Å². The molecule has 2 aliphatic rings. The molecule has 6 nitrogen and oxygen atoms in total. The highest BCUT2D eigenvalue weighted by molar-refractivity contribution is 5.79. The van der Waals surface area contributed by atoms with Gasteiger partial charge in [-0.2, -0.15) is 0 Å². The van der Waals surface area contributed by atoms with Crippen LogP contribution in [-0.2, 0) is 4.79 Å². The van der Waals surface area contributed by atoms with Crippen LogP contribution in [0.2, 0.25) is 0 Å². The summed E-state index contributed by atoms with van der Waals surface area (Å²) < 4.78 is 6.00. The number of amides is 2. The average Bonchev–Trinajstić information content (AvgIpc) is 3.10. The van der Waals surface area contributed by atoms with Crippen molar-refractivity contribution in [2.45, 2.75) is 45.3 Å². The van der Waals surface area contributed by atoms with Crippen LogP contribution >= 0.6 is 0 Å². The first-order valence-electron chi connectivity index (χ1n) is 8.36. The Hall–Kier alpha value is -2.24. The maximum Gasteiger partial charge on any atom is 0.317 e. The number of carbonyl (C=O) groups is 2. The van der Waals surface area contributed by atoms with Crippen LogP contribution < -0.4 is 10.1 Å². The Balaban J connectivity index is 1.61. The van der Waals surface area contributed by atoms with Crippen molar-refractivity contribution in [3.8, 4) is 5.75 Å². The number of benzene rings is 1. The van der Waals surface area contributed by atoms with E-state index in [-0.39, 0.29) is 30.6 Å². The number of carbonyl (C=O) groups excluding carboxylic acids is 1. The van der Waals surface area contributed by atoms with E-state index < -0.39 is 11.4 Å². The minimum absolute atomic E-state index is 0.125. The normalized spacial score (nSPS) is 29.7. The molecule has 4 unspecified atom stereocenters. The van der Waals surface area contributed by atoms with Gasteiger partial charge in [0.15, 0.2) is 0 Å². The molecular formula is C18H24N2O4. The Kier molecular flexibility index (Phi) is 4.15. The third kappa shape index (κ3) is 2.81. The maximum absolute atomic E-state index is 12.5. The molecule has 0 radical (unpaired) electrons. The first kappa shape index (κ1) is 16.6. The van der Waals surface area contributed by atoms with E-state index in [2.05, 4.69) is 12.2 Å². The highest BCUT2D eigenvalue weighted by Gasteiger charge is 2.43. The Morgan fingerprint density at radius 1 is 1.42 bits per heavy atom. The summed E-state index contributed by atoms with van der Waals surface area (Å²) >= 11 is 0. The van der Waals surface area contributed by atoms with Crippen molar-refractivity contribution >= 4 is 12.0 Å². The predicted molar refractivity (Wildman–Crippen MR) is 89.2 cm³/mol. The zero-order chi connectivity index (χ0) is 17.5. The highest BCUT2D eigenvalue weighted by atomic mass is 16.5. The molecule has 6 heteroatoms. The van der Waals surface area contributed by atoms with Crippen molar-refractivity contribution in [1.29, 1.82) is 0 Å². The number of carboxylic acid groups (broad SMARTS) is 1. The first-order valence-corrected chi connectivity index (χ1v) is 8.36. The van der Waals surface area contributed by atoms with E-state index in [4.69, 9.17) is 4.74 Å². The second kappa shape index (κ2) is 6.00. The third-order valence-corrected chi connectivity index (χ3v) is 5.29. The van der Waals surface area contributed by atoms with Crippen molar-refractivity contribution in [2.75, 3.05) is 13.1 Å². The average molecular weight is 332 g/mol. The molecule has 3 rings (SSSR count). The molecule has 4 atom stereocenters. The predicted octanol–water partition coefficient (Wildman–Crippen LogP) is 2.45. The zero-order valence-corrected chi connectivity index (χ0v) is 14.3. The van der Waals surface area contributed by atoms with Crippen molar-refractivity contribution in [2.24, 2.45) is 5.41 Å². The van der Waals surface area contributed by atoms with E-state index in [0.717, 1.165) is 11.3 Å². The van der Waals surface area contributed by atoms with Crippen LogP contribution in [0.15, 0.2) is 24.3 Å². The molecule has 0 bridgehead atoms. The Bertz CT molecular complexity index is 662. The van der Waals surface area contributed by atoms with Crippen molar-refractivity contribution in [3.63, 3.8) is 0 Å². The van der Waals surface area contributed by atoms with Gasteiger partial charge >= 0.3 is 12.0 Å². The topological polar surface area (TPSA) is 78.9 Å².